The number of hydrogen-bond donors (Lipinski definition) is 2. The third-order valence-electron chi connectivity index (χ3n) is 4.11. The number of benzene rings is 1. The van der Waals surface area contributed by atoms with Crippen molar-refractivity contribution in [2.75, 3.05) is 38.3 Å². The SMILES string of the molecule is COc1cc(CC(NC(=O)OC(C)(C)C)C(=O)O)c(Cl)cc1N1CCOCC1. The monoisotopic (exact) mass is 414 g/mol. The van der Waals surface area contributed by atoms with Gasteiger partial charge in [-0.15, -0.1) is 0 Å². The summed E-state index contributed by atoms with van der Waals surface area (Å²) in [5, 5.41) is 12.3. The smallest absolute Gasteiger partial charge is 0.408 e. The molecule has 2 rings (SSSR count). The summed E-state index contributed by atoms with van der Waals surface area (Å²) in [6.07, 6.45) is -0.805. The number of morpholine rings is 1. The van der Waals surface area contributed by atoms with E-state index < -0.39 is 23.7 Å². The molecule has 1 atom stereocenters. The Morgan fingerprint density at radius 2 is 1.96 bits per heavy atom. The maximum Gasteiger partial charge on any atom is 0.408 e. The Bertz CT molecular complexity index is 713. The van der Waals surface area contributed by atoms with Crippen molar-refractivity contribution in [3.05, 3.63) is 22.7 Å². The van der Waals surface area contributed by atoms with Crippen LogP contribution in [0.5, 0.6) is 5.75 Å². The average Bonchev–Trinajstić information content (AvgIpc) is 2.61. The molecule has 1 fully saturated rings. The van der Waals surface area contributed by atoms with Crippen LogP contribution in [-0.2, 0) is 20.7 Å². The highest BCUT2D eigenvalue weighted by molar-refractivity contribution is 6.31. The van der Waals surface area contributed by atoms with Gasteiger partial charge in [-0.2, -0.15) is 0 Å². The molecule has 0 bridgehead atoms. The van der Waals surface area contributed by atoms with Gasteiger partial charge < -0.3 is 29.5 Å². The first-order chi connectivity index (χ1) is 13.1. The molecule has 0 radical (unpaired) electrons. The number of carboxylic acid groups (broad SMARTS) is 1. The second-order valence-electron chi connectivity index (χ2n) is 7.46. The number of aliphatic carboxylic acids is 1. The minimum absolute atomic E-state index is 0.00679. The topological polar surface area (TPSA) is 97.3 Å². The van der Waals surface area contributed by atoms with Gasteiger partial charge in [0.25, 0.3) is 0 Å². The number of amides is 1. The maximum absolute atomic E-state index is 12.0. The van der Waals surface area contributed by atoms with Gasteiger partial charge >= 0.3 is 12.1 Å². The fourth-order valence-electron chi connectivity index (χ4n) is 2.83. The summed E-state index contributed by atoms with van der Waals surface area (Å²) >= 11 is 6.42. The summed E-state index contributed by atoms with van der Waals surface area (Å²) in [6.45, 7) is 7.76. The number of nitrogens with zero attached hydrogens (tertiary/aromatic N) is 1. The molecule has 1 aromatic rings. The lowest BCUT2D eigenvalue weighted by Gasteiger charge is -2.30. The van der Waals surface area contributed by atoms with Crippen LogP contribution < -0.4 is 15.0 Å². The Balaban J connectivity index is 2.20. The first-order valence-corrected chi connectivity index (χ1v) is 9.40. The molecule has 1 aromatic carbocycles. The van der Waals surface area contributed by atoms with Gasteiger partial charge in [-0.3, -0.25) is 0 Å². The molecule has 8 nitrogen and oxygen atoms in total. The molecule has 1 aliphatic heterocycles. The van der Waals surface area contributed by atoms with Gasteiger partial charge in [0.05, 0.1) is 26.0 Å². The van der Waals surface area contributed by atoms with Crippen molar-refractivity contribution in [1.29, 1.82) is 0 Å². The van der Waals surface area contributed by atoms with Crippen molar-refractivity contribution in [1.82, 2.24) is 5.32 Å². The highest BCUT2D eigenvalue weighted by atomic mass is 35.5. The quantitative estimate of drug-likeness (QED) is 0.738. The van der Waals surface area contributed by atoms with Gasteiger partial charge in [-0.25, -0.2) is 9.59 Å². The third-order valence-corrected chi connectivity index (χ3v) is 4.46. The standard InChI is InChI=1S/C19H27ClN2O6/c1-19(2,3)28-18(25)21-14(17(23)24)9-12-10-16(26-4)15(11-13(12)20)22-5-7-27-8-6-22/h10-11,14H,5-9H2,1-4H3,(H,21,25)(H,23,24). The van der Waals surface area contributed by atoms with E-state index in [0.717, 1.165) is 5.69 Å². The predicted octanol–water partition coefficient (Wildman–Crippen LogP) is 2.71. The van der Waals surface area contributed by atoms with Crippen molar-refractivity contribution in [2.24, 2.45) is 0 Å². The van der Waals surface area contributed by atoms with E-state index in [4.69, 9.17) is 25.8 Å². The zero-order valence-corrected chi connectivity index (χ0v) is 17.3. The van der Waals surface area contributed by atoms with E-state index in [0.29, 0.717) is 42.6 Å². The number of halogens is 1. The molecule has 0 aromatic heterocycles. The van der Waals surface area contributed by atoms with Gasteiger partial charge in [0.1, 0.15) is 17.4 Å². The fraction of sp³-hybridized carbons (Fsp3) is 0.579. The van der Waals surface area contributed by atoms with Gasteiger partial charge in [-0.05, 0) is 38.5 Å². The Kier molecular flexibility index (Phi) is 7.37. The number of ether oxygens (including phenoxy) is 3. The van der Waals surface area contributed by atoms with Crippen molar-refractivity contribution in [3.8, 4) is 5.75 Å². The van der Waals surface area contributed by atoms with Crippen LogP contribution in [0.15, 0.2) is 12.1 Å². The molecule has 9 heteroatoms. The zero-order chi connectivity index (χ0) is 20.9. The summed E-state index contributed by atoms with van der Waals surface area (Å²) < 4.78 is 16.0. The number of nitrogens with one attached hydrogen (secondary N) is 1. The number of carboxylic acids is 1. The molecule has 1 saturated heterocycles. The second-order valence-corrected chi connectivity index (χ2v) is 7.86. The molecule has 2 N–H and O–H groups in total. The van der Waals surface area contributed by atoms with Crippen molar-refractivity contribution < 1.29 is 28.9 Å². The molecule has 1 unspecified atom stereocenters. The molecule has 156 valence electrons. The normalized spacial score (nSPS) is 15.7. The molecule has 1 amide bonds. The van der Waals surface area contributed by atoms with Gasteiger partial charge in [-0.1, -0.05) is 11.6 Å². The second kappa shape index (κ2) is 9.34. The summed E-state index contributed by atoms with van der Waals surface area (Å²) in [5.74, 6) is -0.596. The van der Waals surface area contributed by atoms with Crippen LogP contribution in [-0.4, -0.2) is 62.2 Å². The molecule has 0 saturated carbocycles. The summed E-state index contributed by atoms with van der Waals surface area (Å²) in [4.78, 5) is 25.7. The minimum Gasteiger partial charge on any atom is -0.495 e. The van der Waals surface area contributed by atoms with Gasteiger partial charge in [0, 0.05) is 24.5 Å². The highest BCUT2D eigenvalue weighted by Gasteiger charge is 2.26. The van der Waals surface area contributed by atoms with Crippen LogP contribution in [0.25, 0.3) is 0 Å². The van der Waals surface area contributed by atoms with Crippen molar-refractivity contribution in [2.45, 2.75) is 38.8 Å². The van der Waals surface area contributed by atoms with Gasteiger partial charge in [0.2, 0.25) is 0 Å². The Labute approximate surface area is 169 Å². The zero-order valence-electron chi connectivity index (χ0n) is 16.6. The van der Waals surface area contributed by atoms with Crippen molar-refractivity contribution >= 4 is 29.4 Å². The number of anilines is 1. The number of carbonyl (C=O) groups is 2. The molecular weight excluding hydrogens is 388 g/mol. The lowest BCUT2D eigenvalue weighted by Crippen LogP contribution is -2.44. The Hall–Kier alpha value is -2.19. The largest absolute Gasteiger partial charge is 0.495 e. The van der Waals surface area contributed by atoms with E-state index in [9.17, 15) is 14.7 Å². The fourth-order valence-corrected chi connectivity index (χ4v) is 3.06. The molecule has 1 aliphatic rings. The highest BCUT2D eigenvalue weighted by Crippen LogP contribution is 2.35. The van der Waals surface area contributed by atoms with Crippen molar-refractivity contribution in [3.63, 3.8) is 0 Å². The lowest BCUT2D eigenvalue weighted by molar-refractivity contribution is -0.139. The van der Waals surface area contributed by atoms with Crippen LogP contribution in [0.2, 0.25) is 5.02 Å². The maximum atomic E-state index is 12.0. The van der Waals surface area contributed by atoms with Crippen LogP contribution in [0.1, 0.15) is 26.3 Å². The van der Waals surface area contributed by atoms with E-state index >= 15 is 0 Å². The molecule has 0 aliphatic carbocycles. The minimum atomic E-state index is -1.19. The Morgan fingerprint density at radius 1 is 1.32 bits per heavy atom. The number of rotatable bonds is 6. The van der Waals surface area contributed by atoms with Gasteiger partial charge in [0.15, 0.2) is 0 Å². The summed E-state index contributed by atoms with van der Waals surface area (Å²) in [6, 6.07) is 2.28. The number of hydrogen-bond acceptors (Lipinski definition) is 6. The Morgan fingerprint density at radius 3 is 2.50 bits per heavy atom. The predicted molar refractivity (Wildman–Crippen MR) is 106 cm³/mol. The van der Waals surface area contributed by atoms with E-state index in [1.54, 1.807) is 40.0 Å². The molecule has 1 heterocycles. The van der Waals surface area contributed by atoms with Crippen LogP contribution >= 0.6 is 11.6 Å². The van der Waals surface area contributed by atoms with E-state index in [1.165, 1.54) is 0 Å². The number of alkyl carbamates (subject to hydrolysis) is 1. The van der Waals surface area contributed by atoms with E-state index in [2.05, 4.69) is 10.2 Å². The number of methoxy groups -OCH3 is 1. The first-order valence-electron chi connectivity index (χ1n) is 9.02. The summed E-state index contributed by atoms with van der Waals surface area (Å²) in [5.41, 5.74) is 0.652. The third kappa shape index (κ3) is 6.17. The molecule has 28 heavy (non-hydrogen) atoms. The average molecular weight is 415 g/mol. The molecular formula is C19H27ClN2O6. The van der Waals surface area contributed by atoms with Crippen LogP contribution in [0.3, 0.4) is 0 Å². The van der Waals surface area contributed by atoms with Crippen LogP contribution in [0, 0.1) is 0 Å². The lowest BCUT2D eigenvalue weighted by atomic mass is 10.0. The van der Waals surface area contributed by atoms with E-state index in [1.807, 2.05) is 0 Å². The first kappa shape index (κ1) is 22.1. The van der Waals surface area contributed by atoms with Crippen LogP contribution in [0.4, 0.5) is 10.5 Å². The van der Waals surface area contributed by atoms with E-state index in [-0.39, 0.29) is 6.42 Å². The molecule has 0 spiro atoms. The summed E-state index contributed by atoms with van der Waals surface area (Å²) in [7, 11) is 1.55. The number of carbonyl (C=O) groups excluding carboxylic acids is 1.